The summed E-state index contributed by atoms with van der Waals surface area (Å²) in [7, 11) is -2.10. The molecular weight excluding hydrogens is 706 g/mol. The van der Waals surface area contributed by atoms with Gasteiger partial charge in [0.15, 0.2) is 0 Å². The fourth-order valence-electron chi connectivity index (χ4n) is 3.69. The lowest BCUT2D eigenvalue weighted by Crippen LogP contribution is -2.36. The van der Waals surface area contributed by atoms with E-state index in [0.29, 0.717) is 132 Å². The molecular formula is C35H63NO15S. The van der Waals surface area contributed by atoms with Crippen LogP contribution in [0.15, 0.2) is 29.2 Å². The average Bonchev–Trinajstić information content (AvgIpc) is 3.09. The lowest BCUT2D eigenvalue weighted by Gasteiger charge is -2.24. The van der Waals surface area contributed by atoms with Crippen LogP contribution in [-0.2, 0) is 66.4 Å². The number of aryl methyl sites for hydroxylation is 1. The molecule has 0 heterocycles. The second-order valence-electron chi connectivity index (χ2n) is 12.1. The predicted octanol–water partition coefficient (Wildman–Crippen LogP) is 2.73. The number of carbonyl (C=O) groups is 1. The lowest BCUT2D eigenvalue weighted by molar-refractivity contribution is -0.0269. The van der Waals surface area contributed by atoms with E-state index in [0.717, 1.165) is 5.56 Å². The molecule has 0 saturated heterocycles. The number of carbonyl (C=O) groups excluding carboxylic acids is 1. The van der Waals surface area contributed by atoms with Gasteiger partial charge in [0, 0.05) is 13.6 Å². The van der Waals surface area contributed by atoms with Crippen LogP contribution >= 0.6 is 0 Å². The van der Waals surface area contributed by atoms with Gasteiger partial charge < -0.3 is 57.0 Å². The number of rotatable bonds is 35. The van der Waals surface area contributed by atoms with Crippen molar-refractivity contribution in [3.05, 3.63) is 29.8 Å². The molecule has 0 aliphatic carbocycles. The summed E-state index contributed by atoms with van der Waals surface area (Å²) < 4.78 is 88.9. The molecule has 0 radical (unpaired) electrons. The SMILES string of the molecule is Cc1ccc(S(=O)(=O)OCCOCCOCCOCCOCCOCCOCCOCCOCCOCCOCCN(C)C(=O)OC(C)(C)C)cc1. The lowest BCUT2D eigenvalue weighted by atomic mass is 10.2. The highest BCUT2D eigenvalue weighted by molar-refractivity contribution is 7.86. The van der Waals surface area contributed by atoms with E-state index in [1.807, 2.05) is 27.7 Å². The molecule has 52 heavy (non-hydrogen) atoms. The molecule has 16 nitrogen and oxygen atoms in total. The summed E-state index contributed by atoms with van der Waals surface area (Å²) in [4.78, 5) is 13.5. The smallest absolute Gasteiger partial charge is 0.410 e. The summed E-state index contributed by atoms with van der Waals surface area (Å²) >= 11 is 0. The molecule has 17 heteroatoms. The van der Waals surface area contributed by atoms with Gasteiger partial charge in [0.25, 0.3) is 10.1 Å². The van der Waals surface area contributed by atoms with Crippen LogP contribution in [0.4, 0.5) is 4.79 Å². The summed E-state index contributed by atoms with van der Waals surface area (Å²) in [6.07, 6.45) is -0.371. The summed E-state index contributed by atoms with van der Waals surface area (Å²) in [5, 5.41) is 0. The Balaban J connectivity index is 1.70. The van der Waals surface area contributed by atoms with Crippen molar-refractivity contribution < 1.29 is 69.5 Å². The van der Waals surface area contributed by atoms with Gasteiger partial charge in [-0.3, -0.25) is 4.18 Å². The maximum absolute atomic E-state index is 12.1. The standard InChI is InChI=1S/C35H63NO15S/c1-32-6-8-33(9-7-32)52(38,39)50-31-30-49-29-28-48-27-26-47-25-24-46-23-22-45-21-20-44-19-18-43-17-16-42-15-14-41-13-12-40-11-10-36(5)34(37)51-35(2,3)4/h6-9H,10-31H2,1-5H3. The number of ether oxygens (including phenoxy) is 11. The minimum Gasteiger partial charge on any atom is -0.444 e. The zero-order valence-corrected chi connectivity index (χ0v) is 32.7. The van der Waals surface area contributed by atoms with Crippen molar-refractivity contribution in [1.29, 1.82) is 0 Å². The first-order chi connectivity index (χ1) is 25.0. The predicted molar refractivity (Wildman–Crippen MR) is 191 cm³/mol. The Labute approximate surface area is 310 Å². The minimum atomic E-state index is -3.78. The third-order valence-electron chi connectivity index (χ3n) is 6.40. The molecule has 0 N–H and O–H groups in total. The van der Waals surface area contributed by atoms with E-state index in [-0.39, 0.29) is 24.2 Å². The molecule has 304 valence electrons. The molecule has 1 amide bonds. The largest absolute Gasteiger partial charge is 0.444 e. The van der Waals surface area contributed by atoms with E-state index < -0.39 is 15.7 Å². The van der Waals surface area contributed by atoms with Gasteiger partial charge >= 0.3 is 6.09 Å². The summed E-state index contributed by atoms with van der Waals surface area (Å²) in [6, 6.07) is 6.47. The van der Waals surface area contributed by atoms with Crippen molar-refractivity contribution in [3.63, 3.8) is 0 Å². The third-order valence-corrected chi connectivity index (χ3v) is 7.73. The molecule has 0 saturated carbocycles. The van der Waals surface area contributed by atoms with Crippen LogP contribution in [0.2, 0.25) is 0 Å². The fraction of sp³-hybridized carbons (Fsp3) is 0.800. The molecule has 0 aromatic heterocycles. The highest BCUT2D eigenvalue weighted by atomic mass is 32.2. The number of amides is 1. The van der Waals surface area contributed by atoms with E-state index >= 15 is 0 Å². The van der Waals surface area contributed by atoms with Crippen molar-refractivity contribution in [1.82, 2.24) is 4.90 Å². The first-order valence-corrected chi connectivity index (χ1v) is 19.1. The van der Waals surface area contributed by atoms with Gasteiger partial charge in [0.2, 0.25) is 0 Å². The Morgan fingerprint density at radius 1 is 0.519 bits per heavy atom. The zero-order chi connectivity index (χ0) is 38.2. The van der Waals surface area contributed by atoms with Crippen LogP contribution in [-0.4, -0.2) is 177 Å². The highest BCUT2D eigenvalue weighted by Crippen LogP contribution is 2.13. The summed E-state index contributed by atoms with van der Waals surface area (Å²) in [6.45, 7) is 16.3. The van der Waals surface area contributed by atoms with Gasteiger partial charge in [-0.1, -0.05) is 17.7 Å². The van der Waals surface area contributed by atoms with Crippen molar-refractivity contribution in [2.24, 2.45) is 0 Å². The number of benzene rings is 1. The maximum atomic E-state index is 12.1. The van der Waals surface area contributed by atoms with E-state index in [1.54, 1.807) is 19.2 Å². The molecule has 0 atom stereocenters. The van der Waals surface area contributed by atoms with Gasteiger partial charge in [0.05, 0.1) is 144 Å². The molecule has 1 rings (SSSR count). The van der Waals surface area contributed by atoms with Crippen LogP contribution in [0.25, 0.3) is 0 Å². The van der Waals surface area contributed by atoms with Crippen molar-refractivity contribution >= 4 is 16.2 Å². The number of nitrogens with zero attached hydrogens (tertiary/aromatic N) is 1. The Morgan fingerprint density at radius 3 is 1.12 bits per heavy atom. The van der Waals surface area contributed by atoms with Crippen molar-refractivity contribution in [2.75, 3.05) is 152 Å². The summed E-state index contributed by atoms with van der Waals surface area (Å²) in [5.41, 5.74) is 0.454. The Bertz CT molecular complexity index is 1090. The fourth-order valence-corrected chi connectivity index (χ4v) is 4.58. The summed E-state index contributed by atoms with van der Waals surface area (Å²) in [5.74, 6) is 0. The minimum absolute atomic E-state index is 0.0645. The Hall–Kier alpha value is -2.00. The second-order valence-corrected chi connectivity index (χ2v) is 13.7. The highest BCUT2D eigenvalue weighted by Gasteiger charge is 2.19. The topological polar surface area (TPSA) is 165 Å². The van der Waals surface area contributed by atoms with Gasteiger partial charge in [-0.25, -0.2) is 4.79 Å². The monoisotopic (exact) mass is 769 g/mol. The van der Waals surface area contributed by atoms with Crippen molar-refractivity contribution in [2.45, 2.75) is 38.2 Å². The third kappa shape index (κ3) is 29.5. The average molecular weight is 770 g/mol. The van der Waals surface area contributed by atoms with E-state index in [4.69, 9.17) is 56.3 Å². The quantitative estimate of drug-likeness (QED) is 0.0731. The normalized spacial score (nSPS) is 12.0. The molecule has 0 aliphatic rings. The zero-order valence-electron chi connectivity index (χ0n) is 31.8. The van der Waals surface area contributed by atoms with Gasteiger partial charge in [-0.2, -0.15) is 8.42 Å². The van der Waals surface area contributed by atoms with Crippen LogP contribution in [0.5, 0.6) is 0 Å². The molecule has 1 aromatic carbocycles. The number of likely N-dealkylation sites (N-methyl/N-ethyl adjacent to an activating group) is 1. The van der Waals surface area contributed by atoms with E-state index in [2.05, 4.69) is 0 Å². The molecule has 0 fully saturated rings. The molecule has 0 unspecified atom stereocenters. The molecule has 1 aromatic rings. The van der Waals surface area contributed by atoms with E-state index in [9.17, 15) is 13.2 Å². The maximum Gasteiger partial charge on any atom is 0.410 e. The van der Waals surface area contributed by atoms with Crippen LogP contribution in [0.1, 0.15) is 26.3 Å². The van der Waals surface area contributed by atoms with Gasteiger partial charge in [0.1, 0.15) is 5.60 Å². The number of hydrogen-bond donors (Lipinski definition) is 0. The second kappa shape index (κ2) is 31.4. The first kappa shape index (κ1) is 48.0. The number of hydrogen-bond acceptors (Lipinski definition) is 15. The first-order valence-electron chi connectivity index (χ1n) is 17.7. The van der Waals surface area contributed by atoms with E-state index in [1.165, 1.54) is 17.0 Å². The van der Waals surface area contributed by atoms with Crippen LogP contribution in [0.3, 0.4) is 0 Å². The molecule has 0 aliphatic heterocycles. The van der Waals surface area contributed by atoms with Crippen LogP contribution < -0.4 is 0 Å². The molecule has 0 spiro atoms. The molecule has 0 bridgehead atoms. The van der Waals surface area contributed by atoms with Gasteiger partial charge in [-0.15, -0.1) is 0 Å². The van der Waals surface area contributed by atoms with Crippen molar-refractivity contribution in [3.8, 4) is 0 Å². The van der Waals surface area contributed by atoms with Crippen LogP contribution in [0, 0.1) is 6.92 Å². The van der Waals surface area contributed by atoms with Gasteiger partial charge in [-0.05, 0) is 39.8 Å². The Morgan fingerprint density at radius 2 is 0.808 bits per heavy atom. The Kier molecular flexibility index (Phi) is 29.0.